The van der Waals surface area contributed by atoms with Gasteiger partial charge in [-0.2, -0.15) is 5.10 Å². The number of para-hydroxylation sites is 2. The maximum atomic E-state index is 12.1. The molecule has 3 rings (SSSR count). The highest BCUT2D eigenvalue weighted by Gasteiger charge is 2.09. The lowest BCUT2D eigenvalue weighted by atomic mass is 10.2. The molecule has 5 nitrogen and oxygen atoms in total. The first-order valence-electron chi connectivity index (χ1n) is 8.21. The van der Waals surface area contributed by atoms with E-state index in [2.05, 4.69) is 26.5 Å². The fourth-order valence-electron chi connectivity index (χ4n) is 2.39. The number of hydrazone groups is 1. The van der Waals surface area contributed by atoms with Gasteiger partial charge in [-0.3, -0.25) is 4.79 Å². The minimum absolute atomic E-state index is 0.0945. The second kappa shape index (κ2) is 9.00. The Morgan fingerprint density at radius 1 is 1.07 bits per heavy atom. The Hall–Kier alpha value is -3.12. The van der Waals surface area contributed by atoms with Gasteiger partial charge in [-0.15, -0.1) is 0 Å². The molecule has 0 spiro atoms. The van der Waals surface area contributed by atoms with Gasteiger partial charge in [-0.05, 0) is 42.0 Å². The molecule has 3 aromatic rings. The number of phenolic OH excluding ortho intramolecular Hbond substituents is 1. The predicted octanol–water partition coefficient (Wildman–Crippen LogP) is 4.50. The van der Waals surface area contributed by atoms with E-state index in [9.17, 15) is 9.90 Å². The molecule has 1 amide bonds. The van der Waals surface area contributed by atoms with Crippen molar-refractivity contribution in [3.63, 3.8) is 0 Å². The zero-order valence-corrected chi connectivity index (χ0v) is 15.9. The monoisotopic (exact) mass is 424 g/mol. The predicted molar refractivity (Wildman–Crippen MR) is 108 cm³/mol. The minimum Gasteiger partial charge on any atom is -0.507 e. The number of carbonyl (C=O) groups excluding carboxylic acids is 1. The van der Waals surface area contributed by atoms with Crippen molar-refractivity contribution in [2.45, 2.75) is 6.61 Å². The fourth-order valence-corrected chi connectivity index (χ4v) is 2.84. The summed E-state index contributed by atoms with van der Waals surface area (Å²) in [6, 6.07) is 21.6. The maximum Gasteiger partial charge on any atom is 0.275 e. The van der Waals surface area contributed by atoms with E-state index in [-0.39, 0.29) is 11.3 Å². The summed E-state index contributed by atoms with van der Waals surface area (Å²) in [6.45, 7) is 0.411. The van der Waals surface area contributed by atoms with Crippen LogP contribution in [0, 0.1) is 0 Å². The highest BCUT2D eigenvalue weighted by molar-refractivity contribution is 9.10. The molecule has 3 aromatic carbocycles. The van der Waals surface area contributed by atoms with Crippen LogP contribution in [0.1, 0.15) is 21.5 Å². The van der Waals surface area contributed by atoms with Crippen LogP contribution in [0.2, 0.25) is 0 Å². The molecule has 0 aliphatic carbocycles. The lowest BCUT2D eigenvalue weighted by molar-refractivity contribution is 0.0952. The number of nitrogens with one attached hydrogen (secondary N) is 1. The minimum atomic E-state index is -0.489. The van der Waals surface area contributed by atoms with Gasteiger partial charge in [0.1, 0.15) is 18.1 Å². The number of benzene rings is 3. The largest absolute Gasteiger partial charge is 0.507 e. The van der Waals surface area contributed by atoms with E-state index in [1.54, 1.807) is 12.1 Å². The SMILES string of the molecule is O=C(N/N=C/c1ccccc1OCc1cccc(Br)c1)c1ccccc1O. The summed E-state index contributed by atoms with van der Waals surface area (Å²) in [5, 5.41) is 13.7. The number of ether oxygens (including phenoxy) is 1. The van der Waals surface area contributed by atoms with Gasteiger partial charge in [0.25, 0.3) is 5.91 Å². The van der Waals surface area contributed by atoms with Crippen LogP contribution in [-0.4, -0.2) is 17.2 Å². The fraction of sp³-hybridized carbons (Fsp3) is 0.0476. The number of rotatable bonds is 6. The molecule has 0 bridgehead atoms. The number of phenols is 1. The smallest absolute Gasteiger partial charge is 0.275 e. The second-order valence-electron chi connectivity index (χ2n) is 5.67. The maximum absolute atomic E-state index is 12.1. The summed E-state index contributed by atoms with van der Waals surface area (Å²) >= 11 is 3.44. The Balaban J connectivity index is 1.66. The Bertz CT molecular complexity index is 973. The second-order valence-corrected chi connectivity index (χ2v) is 6.59. The molecule has 0 radical (unpaired) electrons. The van der Waals surface area contributed by atoms with Gasteiger partial charge in [0, 0.05) is 10.0 Å². The van der Waals surface area contributed by atoms with E-state index >= 15 is 0 Å². The number of amides is 1. The Labute approximate surface area is 165 Å². The third kappa shape index (κ3) is 5.18. The molecule has 2 N–H and O–H groups in total. The van der Waals surface area contributed by atoms with Crippen LogP contribution in [0.4, 0.5) is 0 Å². The molecule has 0 atom stereocenters. The standard InChI is InChI=1S/C21H17BrN2O3/c22-17-8-5-6-15(12-17)14-27-20-11-4-1-7-16(20)13-23-24-21(26)18-9-2-3-10-19(18)25/h1-13,25H,14H2,(H,24,26)/b23-13+. The Kier molecular flexibility index (Phi) is 6.22. The molecule has 27 heavy (non-hydrogen) atoms. The number of hydrogen-bond acceptors (Lipinski definition) is 4. The number of carbonyl (C=O) groups is 1. The summed E-state index contributed by atoms with van der Waals surface area (Å²) in [4.78, 5) is 12.1. The van der Waals surface area contributed by atoms with Crippen molar-refractivity contribution < 1.29 is 14.6 Å². The average Bonchev–Trinajstić information content (AvgIpc) is 2.67. The van der Waals surface area contributed by atoms with Crippen molar-refractivity contribution in [2.75, 3.05) is 0 Å². The molecule has 0 saturated carbocycles. The van der Waals surface area contributed by atoms with E-state index in [0.717, 1.165) is 15.6 Å². The van der Waals surface area contributed by atoms with E-state index in [0.29, 0.717) is 12.4 Å². The summed E-state index contributed by atoms with van der Waals surface area (Å²) in [5.74, 6) is 0.0675. The zero-order valence-electron chi connectivity index (χ0n) is 14.3. The van der Waals surface area contributed by atoms with E-state index in [1.807, 2.05) is 48.5 Å². The Morgan fingerprint density at radius 3 is 2.67 bits per heavy atom. The topological polar surface area (TPSA) is 70.9 Å². The van der Waals surface area contributed by atoms with Crippen molar-refractivity contribution >= 4 is 28.1 Å². The quantitative estimate of drug-likeness (QED) is 0.452. The molecular weight excluding hydrogens is 408 g/mol. The van der Waals surface area contributed by atoms with Gasteiger partial charge in [-0.25, -0.2) is 5.43 Å². The zero-order chi connectivity index (χ0) is 19.1. The first-order valence-corrected chi connectivity index (χ1v) is 9.00. The first kappa shape index (κ1) is 18.7. The highest BCUT2D eigenvalue weighted by atomic mass is 79.9. The number of halogens is 1. The highest BCUT2D eigenvalue weighted by Crippen LogP contribution is 2.19. The van der Waals surface area contributed by atoms with Crippen molar-refractivity contribution in [2.24, 2.45) is 5.10 Å². The molecule has 6 heteroatoms. The normalized spacial score (nSPS) is 10.7. The molecule has 0 heterocycles. The average molecular weight is 425 g/mol. The summed E-state index contributed by atoms with van der Waals surface area (Å²) in [5.41, 5.74) is 4.32. The molecule has 0 fully saturated rings. The molecule has 0 saturated heterocycles. The first-order chi connectivity index (χ1) is 13.1. The van der Waals surface area contributed by atoms with E-state index in [1.165, 1.54) is 18.3 Å². The molecular formula is C21H17BrN2O3. The van der Waals surface area contributed by atoms with Crippen LogP contribution in [0.5, 0.6) is 11.5 Å². The Morgan fingerprint density at radius 2 is 1.85 bits per heavy atom. The lowest BCUT2D eigenvalue weighted by Crippen LogP contribution is -2.17. The molecule has 136 valence electrons. The molecule has 0 aliphatic heterocycles. The van der Waals surface area contributed by atoms with Crippen LogP contribution >= 0.6 is 15.9 Å². The van der Waals surface area contributed by atoms with Crippen LogP contribution in [0.15, 0.2) is 82.4 Å². The van der Waals surface area contributed by atoms with Crippen LogP contribution in [0.25, 0.3) is 0 Å². The number of nitrogens with zero attached hydrogens (tertiary/aromatic N) is 1. The summed E-state index contributed by atoms with van der Waals surface area (Å²) in [6.07, 6.45) is 1.51. The number of aromatic hydroxyl groups is 1. The van der Waals surface area contributed by atoms with Crippen LogP contribution in [0.3, 0.4) is 0 Å². The van der Waals surface area contributed by atoms with Crippen molar-refractivity contribution in [3.05, 3.63) is 94.0 Å². The van der Waals surface area contributed by atoms with E-state index < -0.39 is 5.91 Å². The molecule has 0 unspecified atom stereocenters. The van der Waals surface area contributed by atoms with Gasteiger partial charge in [0.05, 0.1) is 11.8 Å². The van der Waals surface area contributed by atoms with Crippen LogP contribution in [-0.2, 0) is 6.61 Å². The molecule has 0 aliphatic rings. The van der Waals surface area contributed by atoms with Gasteiger partial charge in [0.2, 0.25) is 0 Å². The van der Waals surface area contributed by atoms with E-state index in [4.69, 9.17) is 4.74 Å². The van der Waals surface area contributed by atoms with Crippen LogP contribution < -0.4 is 10.2 Å². The summed E-state index contributed by atoms with van der Waals surface area (Å²) in [7, 11) is 0. The van der Waals surface area contributed by atoms with Crippen molar-refractivity contribution in [1.29, 1.82) is 0 Å². The van der Waals surface area contributed by atoms with Crippen molar-refractivity contribution in [1.82, 2.24) is 5.43 Å². The van der Waals surface area contributed by atoms with Gasteiger partial charge in [0.15, 0.2) is 0 Å². The van der Waals surface area contributed by atoms with Crippen molar-refractivity contribution in [3.8, 4) is 11.5 Å². The third-order valence-electron chi connectivity index (χ3n) is 3.72. The number of hydrogen-bond donors (Lipinski definition) is 2. The third-order valence-corrected chi connectivity index (χ3v) is 4.21. The summed E-state index contributed by atoms with van der Waals surface area (Å²) < 4.78 is 6.87. The van der Waals surface area contributed by atoms with Gasteiger partial charge >= 0.3 is 0 Å². The molecule has 0 aromatic heterocycles. The lowest BCUT2D eigenvalue weighted by Gasteiger charge is -2.09. The van der Waals surface area contributed by atoms with Gasteiger partial charge in [-0.1, -0.05) is 52.3 Å². The van der Waals surface area contributed by atoms with Gasteiger partial charge < -0.3 is 9.84 Å².